The summed E-state index contributed by atoms with van der Waals surface area (Å²) in [6.07, 6.45) is -2.70. The summed E-state index contributed by atoms with van der Waals surface area (Å²) in [6.45, 7) is 7.53. The van der Waals surface area contributed by atoms with Crippen LogP contribution in [0, 0.1) is 0 Å². The minimum absolute atomic E-state index is 0.137. The molecule has 22 heavy (non-hydrogen) atoms. The van der Waals surface area contributed by atoms with E-state index in [1.165, 1.54) is 19.2 Å². The lowest BCUT2D eigenvalue weighted by Gasteiger charge is -2.32. The Bertz CT molecular complexity index is 551. The zero-order chi connectivity index (χ0) is 16.7. The Morgan fingerprint density at radius 3 is 2.09 bits per heavy atom. The fraction of sp³-hybridized carbons (Fsp3) is 0.571. The predicted octanol–water partition coefficient (Wildman–Crippen LogP) is 2.77. The molecule has 0 aromatic heterocycles. The van der Waals surface area contributed by atoms with Gasteiger partial charge in [-0.05, 0) is 39.2 Å². The minimum Gasteiger partial charge on any atom is -0.399 e. The summed E-state index contributed by atoms with van der Waals surface area (Å²) >= 11 is 0. The highest BCUT2D eigenvalue weighted by molar-refractivity contribution is 6.62. The zero-order valence-electron chi connectivity index (χ0n) is 13.3. The number of anilines is 2. The van der Waals surface area contributed by atoms with E-state index in [0.29, 0.717) is 5.46 Å². The van der Waals surface area contributed by atoms with Crippen LogP contribution in [0.1, 0.15) is 39.7 Å². The van der Waals surface area contributed by atoms with Crippen molar-refractivity contribution in [2.24, 2.45) is 0 Å². The summed E-state index contributed by atoms with van der Waals surface area (Å²) < 4.78 is 38.3. The molecule has 1 saturated heterocycles. The molecule has 8 heteroatoms. The molecule has 1 aliphatic rings. The zero-order valence-corrected chi connectivity index (χ0v) is 13.3. The van der Waals surface area contributed by atoms with Crippen LogP contribution in [0.4, 0.5) is 20.2 Å². The molecular weight excluding hydrogens is 293 g/mol. The van der Waals surface area contributed by atoms with Crippen LogP contribution >= 0.6 is 0 Å². The van der Waals surface area contributed by atoms with Crippen molar-refractivity contribution in [2.45, 2.75) is 45.3 Å². The van der Waals surface area contributed by atoms with Gasteiger partial charge in [0.1, 0.15) is 0 Å². The van der Waals surface area contributed by atoms with Crippen LogP contribution in [-0.2, 0) is 9.31 Å². The second kappa shape index (κ2) is 5.68. The van der Waals surface area contributed by atoms with E-state index in [1.807, 2.05) is 33.2 Å². The Labute approximate surface area is 129 Å². The molecule has 1 aromatic carbocycles. The van der Waals surface area contributed by atoms with E-state index in [2.05, 4.69) is 5.32 Å². The maximum atomic E-state index is 13.3. The average molecular weight is 314 g/mol. The molecule has 122 valence electrons. The second-order valence-corrected chi connectivity index (χ2v) is 6.28. The first-order valence-corrected chi connectivity index (χ1v) is 7.02. The Kier molecular flexibility index (Phi) is 4.38. The van der Waals surface area contributed by atoms with Gasteiger partial charge in [-0.1, -0.05) is 6.07 Å². The van der Waals surface area contributed by atoms with Crippen LogP contribution in [0.5, 0.6) is 0 Å². The highest BCUT2D eigenvalue weighted by atomic mass is 19.3. The van der Waals surface area contributed by atoms with Gasteiger partial charge in [-0.2, -0.15) is 0 Å². The first kappa shape index (κ1) is 17.0. The van der Waals surface area contributed by atoms with E-state index < -0.39 is 24.7 Å². The molecule has 0 atom stereocenters. The molecule has 2 rings (SSSR count). The van der Waals surface area contributed by atoms with E-state index in [0.717, 1.165) is 0 Å². The molecule has 5 nitrogen and oxygen atoms in total. The number of nitrogens with one attached hydrogen (secondary N) is 2. The van der Waals surface area contributed by atoms with Gasteiger partial charge in [-0.25, -0.2) is 8.78 Å². The monoisotopic (exact) mass is 314 g/mol. The first-order valence-electron chi connectivity index (χ1n) is 7.02. The lowest BCUT2D eigenvalue weighted by Crippen LogP contribution is -2.41. The molecule has 0 bridgehead atoms. The minimum atomic E-state index is -2.70. The lowest BCUT2D eigenvalue weighted by molar-refractivity contribution is 0.00578. The van der Waals surface area contributed by atoms with Crippen molar-refractivity contribution in [3.63, 3.8) is 0 Å². The fourth-order valence-corrected chi connectivity index (χ4v) is 2.34. The third kappa shape index (κ3) is 2.78. The number of alkyl halides is 2. The molecule has 1 heterocycles. The third-order valence-corrected chi connectivity index (χ3v) is 4.32. The molecule has 0 spiro atoms. The summed E-state index contributed by atoms with van der Waals surface area (Å²) in [7, 11) is 0.733. The summed E-state index contributed by atoms with van der Waals surface area (Å²) in [5.74, 6) is 0. The topological polar surface area (TPSA) is 62.8 Å². The van der Waals surface area contributed by atoms with Crippen molar-refractivity contribution in [2.75, 3.05) is 17.8 Å². The number of rotatable bonds is 4. The van der Waals surface area contributed by atoms with Gasteiger partial charge in [0.05, 0.1) is 22.6 Å². The normalized spacial score (nSPS) is 19.6. The van der Waals surface area contributed by atoms with Gasteiger partial charge in [0.15, 0.2) is 0 Å². The molecule has 0 amide bonds. The van der Waals surface area contributed by atoms with Crippen LogP contribution in [-0.4, -0.2) is 30.6 Å². The van der Waals surface area contributed by atoms with Gasteiger partial charge in [0.2, 0.25) is 0 Å². The summed E-state index contributed by atoms with van der Waals surface area (Å²) in [5.41, 5.74) is 1.27. The fourth-order valence-electron chi connectivity index (χ4n) is 2.34. The summed E-state index contributed by atoms with van der Waals surface area (Å²) in [4.78, 5) is 0. The Balaban J connectivity index is 2.47. The highest BCUT2D eigenvalue weighted by Crippen LogP contribution is 2.38. The molecule has 0 unspecified atom stereocenters. The van der Waals surface area contributed by atoms with E-state index in [4.69, 9.17) is 9.31 Å². The lowest BCUT2D eigenvalue weighted by atomic mass is 9.77. The largest absolute Gasteiger partial charge is 0.494 e. The van der Waals surface area contributed by atoms with Gasteiger partial charge in [0.25, 0.3) is 6.43 Å². The van der Waals surface area contributed by atoms with Gasteiger partial charge < -0.3 is 14.6 Å². The van der Waals surface area contributed by atoms with E-state index in [9.17, 15) is 14.0 Å². The summed E-state index contributed by atoms with van der Waals surface area (Å²) in [6, 6.07) is 2.86. The van der Waals surface area contributed by atoms with E-state index in [-0.39, 0.29) is 16.9 Å². The first-order chi connectivity index (χ1) is 10.1. The van der Waals surface area contributed by atoms with Crippen LogP contribution in [0.25, 0.3) is 0 Å². The quantitative estimate of drug-likeness (QED) is 0.589. The molecule has 1 aromatic rings. The van der Waals surface area contributed by atoms with Crippen LogP contribution in [0.15, 0.2) is 12.1 Å². The highest BCUT2D eigenvalue weighted by Gasteiger charge is 2.52. The number of hydrogen-bond acceptors (Lipinski definition) is 5. The summed E-state index contributed by atoms with van der Waals surface area (Å²) in [5, 5.41) is 11.9. The van der Waals surface area contributed by atoms with Crippen molar-refractivity contribution in [1.82, 2.24) is 0 Å². The smallest absolute Gasteiger partial charge is 0.399 e. The SMILES string of the molecule is CNc1c(NO)cc(B2OC(C)(C)C(C)(C)O2)cc1C(F)F. The van der Waals surface area contributed by atoms with E-state index >= 15 is 0 Å². The number of hydrogen-bond donors (Lipinski definition) is 3. The van der Waals surface area contributed by atoms with Crippen molar-refractivity contribution in [3.8, 4) is 0 Å². The van der Waals surface area contributed by atoms with Crippen LogP contribution < -0.4 is 16.3 Å². The van der Waals surface area contributed by atoms with Gasteiger partial charge in [-0.3, -0.25) is 10.7 Å². The Hall–Kier alpha value is -1.38. The number of benzene rings is 1. The Morgan fingerprint density at radius 1 is 1.14 bits per heavy atom. The molecule has 0 aliphatic carbocycles. The van der Waals surface area contributed by atoms with Crippen molar-refractivity contribution in [3.05, 3.63) is 17.7 Å². The van der Waals surface area contributed by atoms with Gasteiger partial charge in [-0.15, -0.1) is 0 Å². The standard InChI is InChI=1S/C14H21BF2N2O3/c1-13(2)14(3,4)22-15(21-13)8-6-9(12(16)17)11(18-5)10(7-8)19-20/h6-7,12,18-20H,1-5H3. The van der Waals surface area contributed by atoms with Crippen molar-refractivity contribution < 1.29 is 23.3 Å². The van der Waals surface area contributed by atoms with Crippen LogP contribution in [0.3, 0.4) is 0 Å². The predicted molar refractivity (Wildman–Crippen MR) is 82.1 cm³/mol. The molecule has 1 aliphatic heterocycles. The molecule has 0 radical (unpaired) electrons. The molecular formula is C14H21BF2N2O3. The van der Waals surface area contributed by atoms with Gasteiger partial charge >= 0.3 is 7.12 Å². The van der Waals surface area contributed by atoms with E-state index in [1.54, 1.807) is 0 Å². The van der Waals surface area contributed by atoms with Gasteiger partial charge in [0, 0.05) is 12.6 Å². The number of halogens is 2. The second-order valence-electron chi connectivity index (χ2n) is 6.28. The Morgan fingerprint density at radius 2 is 1.68 bits per heavy atom. The maximum absolute atomic E-state index is 13.3. The van der Waals surface area contributed by atoms with Crippen LogP contribution in [0.2, 0.25) is 0 Å². The average Bonchev–Trinajstić information content (AvgIpc) is 2.65. The van der Waals surface area contributed by atoms with Crippen molar-refractivity contribution >= 4 is 24.0 Å². The van der Waals surface area contributed by atoms with Crippen molar-refractivity contribution in [1.29, 1.82) is 0 Å². The molecule has 0 saturated carbocycles. The molecule has 1 fully saturated rings. The molecule has 3 N–H and O–H groups in total. The maximum Gasteiger partial charge on any atom is 0.494 e. The third-order valence-electron chi connectivity index (χ3n) is 4.32.